The van der Waals surface area contributed by atoms with Gasteiger partial charge in [0.05, 0.1) is 23.6 Å². The van der Waals surface area contributed by atoms with Crippen molar-refractivity contribution in [3.8, 4) is 11.4 Å². The number of amides is 1. The van der Waals surface area contributed by atoms with Crippen LogP contribution in [0.2, 0.25) is 5.02 Å². The summed E-state index contributed by atoms with van der Waals surface area (Å²) in [5.74, 6) is -0.460. The summed E-state index contributed by atoms with van der Waals surface area (Å²) in [5, 5.41) is 0.508. The molecule has 1 saturated heterocycles. The van der Waals surface area contributed by atoms with Crippen molar-refractivity contribution >= 4 is 29.1 Å². The fourth-order valence-corrected chi connectivity index (χ4v) is 4.79. The summed E-state index contributed by atoms with van der Waals surface area (Å²) in [6.45, 7) is 5.57. The minimum Gasteiger partial charge on any atom is -0.381 e. The van der Waals surface area contributed by atoms with Crippen molar-refractivity contribution in [2.24, 2.45) is 0 Å². The molecule has 8 nitrogen and oxygen atoms in total. The van der Waals surface area contributed by atoms with Gasteiger partial charge in [0.15, 0.2) is 17.5 Å². The molecule has 0 atom stereocenters. The van der Waals surface area contributed by atoms with E-state index in [4.69, 9.17) is 27.3 Å². The molecular formula is C25H26ClF2N7O. The Bertz CT molecular complexity index is 1310. The van der Waals surface area contributed by atoms with E-state index in [2.05, 4.69) is 14.8 Å². The Balaban J connectivity index is 1.42. The Morgan fingerprint density at radius 1 is 1.00 bits per heavy atom. The van der Waals surface area contributed by atoms with Gasteiger partial charge in [-0.15, -0.1) is 0 Å². The van der Waals surface area contributed by atoms with Gasteiger partial charge in [-0.1, -0.05) is 11.6 Å². The molecule has 0 unspecified atom stereocenters. The highest BCUT2D eigenvalue weighted by Gasteiger charge is 2.28. The number of hydrogen-bond donors (Lipinski definition) is 1. The molecule has 188 valence electrons. The van der Waals surface area contributed by atoms with Crippen LogP contribution >= 0.6 is 11.6 Å². The Labute approximate surface area is 212 Å². The van der Waals surface area contributed by atoms with Crippen LogP contribution in [0.15, 0.2) is 30.3 Å². The van der Waals surface area contributed by atoms with Crippen LogP contribution < -0.4 is 10.6 Å². The van der Waals surface area contributed by atoms with Crippen LogP contribution in [-0.4, -0.2) is 63.4 Å². The van der Waals surface area contributed by atoms with E-state index >= 15 is 0 Å². The van der Waals surface area contributed by atoms with Gasteiger partial charge < -0.3 is 15.5 Å². The number of fused-ring (bicyclic) bond motifs is 1. The van der Waals surface area contributed by atoms with E-state index in [1.54, 1.807) is 17.0 Å². The van der Waals surface area contributed by atoms with Gasteiger partial charge >= 0.3 is 0 Å². The van der Waals surface area contributed by atoms with Gasteiger partial charge in [-0.2, -0.15) is 0 Å². The van der Waals surface area contributed by atoms with E-state index in [-0.39, 0.29) is 17.5 Å². The molecule has 2 aromatic heterocycles. The lowest BCUT2D eigenvalue weighted by molar-refractivity contribution is -0.129. The first-order valence-electron chi connectivity index (χ1n) is 11.8. The van der Waals surface area contributed by atoms with Crippen molar-refractivity contribution in [3.05, 3.63) is 63.9 Å². The molecule has 11 heteroatoms. The van der Waals surface area contributed by atoms with Gasteiger partial charge in [0, 0.05) is 63.2 Å². The largest absolute Gasteiger partial charge is 0.381 e. The topological polar surface area (TPSA) is 91.5 Å². The number of pyridine rings is 1. The predicted molar refractivity (Wildman–Crippen MR) is 133 cm³/mol. The number of hydrogen-bond acceptors (Lipinski definition) is 7. The predicted octanol–water partition coefficient (Wildman–Crippen LogP) is 3.28. The summed E-state index contributed by atoms with van der Waals surface area (Å²) in [6, 6.07) is 7.39. The van der Waals surface area contributed by atoms with Gasteiger partial charge in [0.1, 0.15) is 11.5 Å². The molecule has 2 aliphatic heterocycles. The fraction of sp³-hybridized carbons (Fsp3) is 0.360. The summed E-state index contributed by atoms with van der Waals surface area (Å²) < 4.78 is 28.1. The van der Waals surface area contributed by atoms with E-state index < -0.39 is 5.82 Å². The number of nitrogen functional groups attached to an aromatic ring is 1. The monoisotopic (exact) mass is 513 g/mol. The second-order valence-electron chi connectivity index (χ2n) is 9.04. The molecule has 0 bridgehead atoms. The zero-order chi connectivity index (χ0) is 25.4. The van der Waals surface area contributed by atoms with Crippen LogP contribution in [0.25, 0.3) is 11.4 Å². The van der Waals surface area contributed by atoms with E-state index in [9.17, 15) is 13.6 Å². The summed E-state index contributed by atoms with van der Waals surface area (Å²) in [5.41, 5.74) is 8.77. The Morgan fingerprint density at radius 3 is 2.47 bits per heavy atom. The minimum atomic E-state index is -0.601. The smallest absolute Gasteiger partial charge is 0.219 e. The van der Waals surface area contributed by atoms with Crippen LogP contribution in [0.3, 0.4) is 0 Å². The van der Waals surface area contributed by atoms with Gasteiger partial charge in [-0.05, 0) is 30.3 Å². The molecule has 36 heavy (non-hydrogen) atoms. The van der Waals surface area contributed by atoms with Gasteiger partial charge in [-0.3, -0.25) is 9.69 Å². The van der Waals surface area contributed by atoms with Crippen LogP contribution in [0.5, 0.6) is 0 Å². The summed E-state index contributed by atoms with van der Waals surface area (Å²) >= 11 is 6.05. The van der Waals surface area contributed by atoms with Crippen molar-refractivity contribution < 1.29 is 13.6 Å². The Kier molecular flexibility index (Phi) is 6.72. The second-order valence-corrected chi connectivity index (χ2v) is 9.48. The zero-order valence-corrected chi connectivity index (χ0v) is 20.6. The molecular weight excluding hydrogens is 488 g/mol. The number of piperazine rings is 1. The maximum Gasteiger partial charge on any atom is 0.219 e. The zero-order valence-electron chi connectivity index (χ0n) is 19.8. The molecule has 0 spiro atoms. The highest BCUT2D eigenvalue weighted by atomic mass is 35.5. The number of benzene rings is 1. The number of aromatic nitrogens is 3. The number of nitrogens with zero attached hydrogens (tertiary/aromatic N) is 6. The molecule has 4 heterocycles. The molecule has 1 aromatic carbocycles. The van der Waals surface area contributed by atoms with E-state index in [1.807, 2.05) is 0 Å². The molecule has 1 fully saturated rings. The molecule has 0 aliphatic carbocycles. The van der Waals surface area contributed by atoms with Crippen LogP contribution in [-0.2, 0) is 24.3 Å². The molecule has 5 rings (SSSR count). The summed E-state index contributed by atoms with van der Waals surface area (Å²) in [7, 11) is 0. The Hall–Kier alpha value is -3.37. The standard InChI is InChI=1S/C25H26ClF2N7O/c1-15(36)35-7-6-20-22(14-35)30-23(21-5-4-19(28)24(29)31-21)25(32-20)34-10-8-33(9-11-34)13-16-12-17(26)2-3-18(16)27/h2-5,12H,6-11,13-14H2,1H3,(H2,29,31). The Morgan fingerprint density at radius 2 is 1.75 bits per heavy atom. The van der Waals surface area contributed by atoms with Crippen molar-refractivity contribution in [2.75, 3.05) is 43.4 Å². The summed E-state index contributed by atoms with van der Waals surface area (Å²) in [6.07, 6.45) is 0.599. The van der Waals surface area contributed by atoms with Crippen LogP contribution in [0.1, 0.15) is 23.9 Å². The number of halogens is 3. The molecule has 3 aromatic rings. The lowest BCUT2D eigenvalue weighted by atomic mass is 10.1. The van der Waals surface area contributed by atoms with E-state index in [1.165, 1.54) is 25.1 Å². The first-order valence-corrected chi connectivity index (χ1v) is 12.1. The van der Waals surface area contributed by atoms with Gasteiger partial charge in [-0.25, -0.2) is 23.7 Å². The van der Waals surface area contributed by atoms with Crippen molar-refractivity contribution in [3.63, 3.8) is 0 Å². The minimum absolute atomic E-state index is 0.0236. The maximum absolute atomic E-state index is 14.2. The lowest BCUT2D eigenvalue weighted by Gasteiger charge is -2.37. The van der Waals surface area contributed by atoms with Gasteiger partial charge in [0.25, 0.3) is 0 Å². The number of carbonyl (C=O) groups is 1. The highest BCUT2D eigenvalue weighted by molar-refractivity contribution is 6.30. The second kappa shape index (κ2) is 9.94. The number of anilines is 2. The fourth-order valence-electron chi connectivity index (χ4n) is 4.60. The molecule has 1 amide bonds. The van der Waals surface area contributed by atoms with Crippen LogP contribution in [0, 0.1) is 11.6 Å². The summed E-state index contributed by atoms with van der Waals surface area (Å²) in [4.78, 5) is 31.9. The normalized spacial score (nSPS) is 16.2. The third kappa shape index (κ3) is 4.96. The van der Waals surface area contributed by atoms with E-state index in [0.29, 0.717) is 85.7 Å². The average molecular weight is 514 g/mol. The quantitative estimate of drug-likeness (QED) is 0.572. The van der Waals surface area contributed by atoms with Gasteiger partial charge in [0.2, 0.25) is 5.91 Å². The SMILES string of the molecule is CC(=O)N1CCc2nc(N3CCN(Cc4cc(Cl)ccc4F)CC3)c(-c3ccc(F)c(N)n3)nc2C1. The first-order chi connectivity index (χ1) is 17.3. The van der Waals surface area contributed by atoms with Crippen molar-refractivity contribution in [1.29, 1.82) is 0 Å². The third-order valence-corrected chi connectivity index (χ3v) is 6.86. The number of carbonyl (C=O) groups excluding carboxylic acids is 1. The first kappa shape index (κ1) is 24.3. The molecule has 2 N–H and O–H groups in total. The molecule has 0 radical (unpaired) electrons. The van der Waals surface area contributed by atoms with Crippen molar-refractivity contribution in [1.82, 2.24) is 24.8 Å². The number of rotatable bonds is 4. The lowest BCUT2D eigenvalue weighted by Crippen LogP contribution is -2.47. The number of nitrogens with two attached hydrogens (primary N) is 1. The highest BCUT2D eigenvalue weighted by Crippen LogP contribution is 2.31. The van der Waals surface area contributed by atoms with E-state index in [0.717, 1.165) is 5.69 Å². The average Bonchev–Trinajstić information content (AvgIpc) is 2.87. The maximum atomic E-state index is 14.2. The van der Waals surface area contributed by atoms with Crippen molar-refractivity contribution in [2.45, 2.75) is 26.4 Å². The molecule has 0 saturated carbocycles. The third-order valence-electron chi connectivity index (χ3n) is 6.63. The van der Waals surface area contributed by atoms with Crippen LogP contribution in [0.4, 0.5) is 20.4 Å². The molecule has 2 aliphatic rings.